The fourth-order valence-electron chi connectivity index (χ4n) is 1.20. The van der Waals surface area contributed by atoms with Gasteiger partial charge in [-0.3, -0.25) is 4.79 Å². The maximum absolute atomic E-state index is 11.2. The van der Waals surface area contributed by atoms with Crippen LogP contribution in [-0.2, 0) is 14.3 Å². The van der Waals surface area contributed by atoms with Gasteiger partial charge in [0.1, 0.15) is 6.10 Å². The molecule has 0 spiro atoms. The molecule has 0 radical (unpaired) electrons. The average Bonchev–Trinajstić information content (AvgIpc) is 2.07. The van der Waals surface area contributed by atoms with Crippen molar-refractivity contribution < 1.29 is 14.3 Å². The van der Waals surface area contributed by atoms with E-state index in [-0.39, 0.29) is 24.3 Å². The molecule has 1 rings (SSSR count). The smallest absolute Gasteiger partial charge is 0.184 e. The summed E-state index contributed by atoms with van der Waals surface area (Å²) < 4.78 is 10.8. The predicted octanol–water partition coefficient (Wildman–Crippen LogP) is 1.67. The number of rotatable bonds is 3. The first-order valence-corrected chi connectivity index (χ1v) is 4.66. The van der Waals surface area contributed by atoms with Crippen molar-refractivity contribution in [1.82, 2.24) is 0 Å². The predicted molar refractivity (Wildman–Crippen MR) is 49.3 cm³/mol. The summed E-state index contributed by atoms with van der Waals surface area (Å²) in [4.78, 5) is 11.2. The highest BCUT2D eigenvalue weighted by Crippen LogP contribution is 2.14. The van der Waals surface area contributed by atoms with Crippen LogP contribution in [0.2, 0.25) is 0 Å². The van der Waals surface area contributed by atoms with Crippen LogP contribution in [0, 0.1) is 0 Å². The van der Waals surface area contributed by atoms with Gasteiger partial charge in [-0.05, 0) is 32.4 Å². The summed E-state index contributed by atoms with van der Waals surface area (Å²) in [7, 11) is 0. The number of hydrogen-bond donors (Lipinski definition) is 0. The summed E-state index contributed by atoms with van der Waals surface area (Å²) in [6.45, 7) is 5.80. The Hall–Kier alpha value is -0.670. The molecule has 0 saturated carbocycles. The van der Waals surface area contributed by atoms with Crippen molar-refractivity contribution >= 4 is 5.78 Å². The zero-order valence-corrected chi connectivity index (χ0v) is 8.32. The van der Waals surface area contributed by atoms with Crippen LogP contribution < -0.4 is 0 Å². The third-order valence-electron chi connectivity index (χ3n) is 1.81. The summed E-state index contributed by atoms with van der Waals surface area (Å²) in [5.74, 6) is 0.0334. The summed E-state index contributed by atoms with van der Waals surface area (Å²) in [6, 6.07) is 0. The normalized spacial score (nSPS) is 28.5. The number of ether oxygens (including phenoxy) is 2. The van der Waals surface area contributed by atoms with Crippen molar-refractivity contribution in [3.63, 3.8) is 0 Å². The summed E-state index contributed by atoms with van der Waals surface area (Å²) in [5, 5.41) is 0. The molecule has 13 heavy (non-hydrogen) atoms. The van der Waals surface area contributed by atoms with E-state index in [9.17, 15) is 4.79 Å². The van der Waals surface area contributed by atoms with Gasteiger partial charge in [-0.25, -0.2) is 0 Å². The van der Waals surface area contributed by atoms with Crippen LogP contribution in [0.3, 0.4) is 0 Å². The molecule has 0 amide bonds. The summed E-state index contributed by atoms with van der Waals surface area (Å²) >= 11 is 0. The fourth-order valence-corrected chi connectivity index (χ4v) is 1.20. The molecule has 74 valence electrons. The lowest BCUT2D eigenvalue weighted by molar-refractivity contribution is -0.173. The van der Waals surface area contributed by atoms with Crippen molar-refractivity contribution in [2.45, 2.75) is 45.7 Å². The monoisotopic (exact) mass is 184 g/mol. The highest BCUT2D eigenvalue weighted by Gasteiger charge is 2.24. The lowest BCUT2D eigenvalue weighted by Crippen LogP contribution is -2.33. The Bertz CT molecular complexity index is 208. The highest BCUT2D eigenvalue weighted by atomic mass is 16.7. The maximum atomic E-state index is 11.2. The van der Waals surface area contributed by atoms with Crippen LogP contribution in [0.5, 0.6) is 0 Å². The van der Waals surface area contributed by atoms with E-state index < -0.39 is 0 Å². The average molecular weight is 184 g/mol. The van der Waals surface area contributed by atoms with Gasteiger partial charge in [-0.15, -0.1) is 0 Å². The van der Waals surface area contributed by atoms with E-state index in [1.807, 2.05) is 20.8 Å². The van der Waals surface area contributed by atoms with Crippen molar-refractivity contribution in [1.29, 1.82) is 0 Å². The van der Waals surface area contributed by atoms with Crippen LogP contribution >= 0.6 is 0 Å². The molecule has 0 fully saturated rings. The first-order chi connectivity index (χ1) is 6.13. The van der Waals surface area contributed by atoms with E-state index in [4.69, 9.17) is 9.47 Å². The Kier molecular flexibility index (Phi) is 3.63. The van der Waals surface area contributed by atoms with Gasteiger partial charge >= 0.3 is 0 Å². The zero-order chi connectivity index (χ0) is 9.84. The lowest BCUT2D eigenvalue weighted by Gasteiger charge is -2.25. The first-order valence-electron chi connectivity index (χ1n) is 4.66. The second-order valence-electron chi connectivity index (χ2n) is 3.35. The van der Waals surface area contributed by atoms with Crippen molar-refractivity contribution in [2.24, 2.45) is 0 Å². The third kappa shape index (κ3) is 2.94. The Labute approximate surface area is 78.7 Å². The minimum Gasteiger partial charge on any atom is -0.346 e. The third-order valence-corrected chi connectivity index (χ3v) is 1.81. The second kappa shape index (κ2) is 4.53. The topological polar surface area (TPSA) is 35.5 Å². The van der Waals surface area contributed by atoms with Gasteiger partial charge in [-0.1, -0.05) is 6.92 Å². The molecule has 2 unspecified atom stereocenters. The Balaban J connectivity index is 2.53. The van der Waals surface area contributed by atoms with Gasteiger partial charge in [0, 0.05) is 0 Å². The minimum absolute atomic E-state index is 0.0334. The van der Waals surface area contributed by atoms with E-state index in [0.29, 0.717) is 6.42 Å². The fraction of sp³-hybridized carbons (Fsp3) is 0.700. The van der Waals surface area contributed by atoms with Gasteiger partial charge in [-0.2, -0.15) is 0 Å². The minimum atomic E-state index is -0.359. The van der Waals surface area contributed by atoms with E-state index in [0.717, 1.165) is 0 Å². The highest BCUT2D eigenvalue weighted by molar-refractivity contribution is 5.94. The van der Waals surface area contributed by atoms with Crippen molar-refractivity contribution in [2.75, 3.05) is 0 Å². The Morgan fingerprint density at radius 3 is 2.85 bits per heavy atom. The molecule has 2 atom stereocenters. The maximum Gasteiger partial charge on any atom is 0.184 e. The molecular weight excluding hydrogens is 168 g/mol. The molecule has 3 heteroatoms. The number of ketones is 1. The van der Waals surface area contributed by atoms with E-state index in [2.05, 4.69) is 0 Å². The van der Waals surface area contributed by atoms with Gasteiger partial charge in [0.05, 0.1) is 6.10 Å². The molecular formula is C10H16O3. The van der Waals surface area contributed by atoms with Gasteiger partial charge < -0.3 is 9.47 Å². The van der Waals surface area contributed by atoms with Crippen LogP contribution in [0.15, 0.2) is 12.2 Å². The Morgan fingerprint density at radius 2 is 2.31 bits per heavy atom. The van der Waals surface area contributed by atoms with Gasteiger partial charge in [0.15, 0.2) is 12.1 Å². The quantitative estimate of drug-likeness (QED) is 0.669. The molecule has 1 heterocycles. The van der Waals surface area contributed by atoms with Crippen LogP contribution in [0.25, 0.3) is 0 Å². The molecule has 0 saturated heterocycles. The van der Waals surface area contributed by atoms with E-state index in [1.165, 1.54) is 0 Å². The molecule has 1 aliphatic rings. The molecule has 0 N–H and O–H groups in total. The second-order valence-corrected chi connectivity index (χ2v) is 3.35. The summed E-state index contributed by atoms with van der Waals surface area (Å²) in [6.07, 6.45) is 3.33. The van der Waals surface area contributed by atoms with Gasteiger partial charge in [0.2, 0.25) is 0 Å². The molecule has 0 aliphatic carbocycles. The number of carbonyl (C=O) groups excluding carboxylic acids is 1. The Morgan fingerprint density at radius 1 is 1.62 bits per heavy atom. The first kappa shape index (κ1) is 10.4. The molecule has 0 aromatic heterocycles. The standard InChI is InChI=1S/C10H16O3/c1-4-9-8(11)5-6-10(13-9)12-7(2)3/h5-7,9-10H,4H2,1-3H3. The molecule has 0 bridgehead atoms. The van der Waals surface area contributed by atoms with Crippen molar-refractivity contribution in [3.05, 3.63) is 12.2 Å². The van der Waals surface area contributed by atoms with Crippen LogP contribution in [-0.4, -0.2) is 24.3 Å². The molecule has 0 aromatic carbocycles. The zero-order valence-electron chi connectivity index (χ0n) is 8.32. The van der Waals surface area contributed by atoms with E-state index in [1.54, 1.807) is 12.2 Å². The van der Waals surface area contributed by atoms with Crippen LogP contribution in [0.4, 0.5) is 0 Å². The van der Waals surface area contributed by atoms with Crippen LogP contribution in [0.1, 0.15) is 27.2 Å². The summed E-state index contributed by atoms with van der Waals surface area (Å²) in [5.41, 5.74) is 0. The van der Waals surface area contributed by atoms with Gasteiger partial charge in [0.25, 0.3) is 0 Å². The number of hydrogen-bond acceptors (Lipinski definition) is 3. The SMILES string of the molecule is CCC1OC(OC(C)C)C=CC1=O. The largest absolute Gasteiger partial charge is 0.346 e. The molecule has 3 nitrogen and oxygen atoms in total. The number of carbonyl (C=O) groups is 1. The molecule has 0 aromatic rings. The molecule has 1 aliphatic heterocycles. The lowest BCUT2D eigenvalue weighted by atomic mass is 10.1. The van der Waals surface area contributed by atoms with Crippen molar-refractivity contribution in [3.8, 4) is 0 Å². The van der Waals surface area contributed by atoms with E-state index >= 15 is 0 Å².